The van der Waals surface area contributed by atoms with Crippen LogP contribution in [0.25, 0.3) is 0 Å². The third-order valence-corrected chi connectivity index (χ3v) is 5.80. The summed E-state index contributed by atoms with van der Waals surface area (Å²) in [7, 11) is 0. The van der Waals surface area contributed by atoms with Crippen LogP contribution < -0.4 is 61.8 Å². The second-order valence-corrected chi connectivity index (χ2v) is 8.18. The van der Waals surface area contributed by atoms with Gasteiger partial charge in [0.25, 0.3) is 0 Å². The molecule has 0 saturated carbocycles. The van der Waals surface area contributed by atoms with Crippen LogP contribution in [0, 0.1) is 0 Å². The molecule has 4 aromatic rings. The summed E-state index contributed by atoms with van der Waals surface area (Å²) >= 11 is 1.08. The van der Waals surface area contributed by atoms with Gasteiger partial charge in [0.2, 0.25) is 11.5 Å². The van der Waals surface area contributed by atoms with Crippen LogP contribution in [0.1, 0.15) is 29.3 Å². The molecule has 1 N–H and O–H groups in total. The van der Waals surface area contributed by atoms with Crippen LogP contribution in [0.5, 0.6) is 0 Å². The summed E-state index contributed by atoms with van der Waals surface area (Å²) in [5.41, 5.74) is 0.557. The Morgan fingerprint density at radius 1 is 0.886 bits per heavy atom. The molecule has 0 aliphatic heterocycles. The molecular weight excluding hydrogens is 489 g/mol. The number of aromatic nitrogens is 1. The average Bonchev–Trinajstić information content (AvgIpc) is 3.30. The maximum Gasteiger partial charge on any atom is 1.00 e. The summed E-state index contributed by atoms with van der Waals surface area (Å²) in [6, 6.07) is 28.3. The molecule has 9 heteroatoms. The zero-order valence-electron chi connectivity index (χ0n) is 19.2. The number of hydrogen-bond acceptors (Lipinski definition) is 7. The van der Waals surface area contributed by atoms with E-state index in [9.17, 15) is 14.7 Å². The van der Waals surface area contributed by atoms with Crippen molar-refractivity contribution in [3.63, 3.8) is 0 Å². The first-order chi connectivity index (χ1) is 16.5. The summed E-state index contributed by atoms with van der Waals surface area (Å²) < 4.78 is 0. The normalized spacial score (nSPS) is 11.3. The fraction of sp³-hybridized carbons (Fsp3) is 0.0769. The summed E-state index contributed by atoms with van der Waals surface area (Å²) in [5, 5.41) is 20.3. The Balaban J connectivity index is 0.00000342. The number of thiazole rings is 1. The Morgan fingerprint density at radius 3 is 1.74 bits per heavy atom. The van der Waals surface area contributed by atoms with Gasteiger partial charge in [0, 0.05) is 29.0 Å². The molecule has 0 aliphatic carbocycles. The third-order valence-electron chi connectivity index (χ3n) is 5.04. The van der Waals surface area contributed by atoms with Gasteiger partial charge in [-0.1, -0.05) is 96.2 Å². The van der Waals surface area contributed by atoms with Crippen molar-refractivity contribution in [1.82, 2.24) is 4.98 Å². The minimum atomic E-state index is -1.55. The molecule has 0 fully saturated rings. The largest absolute Gasteiger partial charge is 1.00 e. The number of carbonyl (C=O) groups excluding carboxylic acids is 2. The zero-order chi connectivity index (χ0) is 24.0. The molecule has 1 heterocycles. The van der Waals surface area contributed by atoms with E-state index in [1.165, 1.54) is 12.3 Å². The number of carboxylic acids is 1. The van der Waals surface area contributed by atoms with Crippen LogP contribution in [0.2, 0.25) is 0 Å². The van der Waals surface area contributed by atoms with Crippen molar-refractivity contribution in [3.05, 3.63) is 119 Å². The smallest absolute Gasteiger partial charge is 0.543 e. The van der Waals surface area contributed by atoms with E-state index in [1.54, 1.807) is 0 Å². The first-order valence-electron chi connectivity index (χ1n) is 10.4. The summed E-state index contributed by atoms with van der Waals surface area (Å²) in [5.74, 6) is -1.87. The molecule has 0 saturated heterocycles. The quantitative estimate of drug-likeness (QED) is 0.162. The van der Waals surface area contributed by atoms with Crippen LogP contribution >= 0.6 is 11.3 Å². The van der Waals surface area contributed by atoms with Crippen molar-refractivity contribution >= 4 is 34.1 Å². The van der Waals surface area contributed by atoms with E-state index in [4.69, 9.17) is 4.84 Å². The number of oxime groups is 1. The average molecular weight is 510 g/mol. The van der Waals surface area contributed by atoms with E-state index in [1.807, 2.05) is 91.0 Å². The van der Waals surface area contributed by atoms with Gasteiger partial charge in [0.15, 0.2) is 10.8 Å². The number of nitrogens with one attached hydrogen (secondary N) is 1. The van der Waals surface area contributed by atoms with Gasteiger partial charge in [-0.2, -0.15) is 0 Å². The van der Waals surface area contributed by atoms with Crippen LogP contribution in [0.3, 0.4) is 0 Å². The Labute approximate surface area is 249 Å². The number of nitrogens with zero attached hydrogens (tertiary/aromatic N) is 2. The van der Waals surface area contributed by atoms with Gasteiger partial charge >= 0.3 is 51.4 Å². The van der Waals surface area contributed by atoms with E-state index in [0.717, 1.165) is 28.0 Å². The summed E-state index contributed by atoms with van der Waals surface area (Å²) in [6.07, 6.45) is 0. The second-order valence-electron chi connectivity index (χ2n) is 7.32. The number of hydrogen-bond donors (Lipinski definition) is 1. The third kappa shape index (κ3) is 6.13. The molecule has 170 valence electrons. The van der Waals surface area contributed by atoms with Gasteiger partial charge in [0.05, 0.1) is 5.97 Å². The van der Waals surface area contributed by atoms with Crippen molar-refractivity contribution in [1.29, 1.82) is 0 Å². The standard InChI is InChI=1S/C26H21N3O4S.K/c1-18(30)27-25-28-22(17-34-25)23(24(31)32)29-33-26(19-11-5-2-6-12-19,20-13-7-3-8-14-20)21-15-9-4-10-16-21;/h2-17H,1H3,(H,31,32)(H,27,28,30);/q;+1/p-1. The molecule has 1 aromatic heterocycles. The molecule has 0 radical (unpaired) electrons. The topological polar surface area (TPSA) is 104 Å². The molecule has 4 rings (SSSR count). The first kappa shape index (κ1) is 26.9. The van der Waals surface area contributed by atoms with E-state index >= 15 is 0 Å². The Hall–Kier alpha value is -2.66. The molecule has 35 heavy (non-hydrogen) atoms. The van der Waals surface area contributed by atoms with Gasteiger partial charge in [-0.05, 0) is 0 Å². The number of carboxylic acid groups (broad SMARTS) is 1. The Bertz CT molecular complexity index is 1220. The molecule has 1 amide bonds. The first-order valence-corrected chi connectivity index (χ1v) is 11.3. The fourth-order valence-electron chi connectivity index (χ4n) is 3.57. The van der Waals surface area contributed by atoms with Crippen LogP contribution in [0.4, 0.5) is 5.13 Å². The maximum absolute atomic E-state index is 12.0. The van der Waals surface area contributed by atoms with Crippen molar-refractivity contribution in [2.45, 2.75) is 12.5 Å². The Morgan fingerprint density at radius 2 is 1.34 bits per heavy atom. The number of anilines is 1. The van der Waals surface area contributed by atoms with E-state index < -0.39 is 17.3 Å². The zero-order valence-corrected chi connectivity index (χ0v) is 23.1. The molecule has 7 nitrogen and oxygen atoms in total. The van der Waals surface area contributed by atoms with Gasteiger partial charge < -0.3 is 20.1 Å². The SMILES string of the molecule is CC(=O)Nc1nc(C(=NOC(c2ccccc2)(c2ccccc2)c2ccccc2)C(=O)[O-])cs1.[K+]. The summed E-state index contributed by atoms with van der Waals surface area (Å²) in [4.78, 5) is 33.7. The summed E-state index contributed by atoms with van der Waals surface area (Å²) in [6.45, 7) is 1.34. The van der Waals surface area contributed by atoms with Crippen molar-refractivity contribution in [2.75, 3.05) is 5.32 Å². The molecular formula is C26H20KN3O4S. The van der Waals surface area contributed by atoms with Gasteiger partial charge in [-0.15, -0.1) is 11.3 Å². The predicted octanol–water partition coefficient (Wildman–Crippen LogP) is 0.568. The van der Waals surface area contributed by atoms with E-state index in [2.05, 4.69) is 15.5 Å². The number of benzene rings is 3. The second kappa shape index (κ2) is 12.3. The number of aliphatic carboxylic acids is 1. The molecule has 0 unspecified atom stereocenters. The van der Waals surface area contributed by atoms with E-state index in [0.29, 0.717) is 0 Å². The minimum absolute atomic E-state index is 0. The monoisotopic (exact) mass is 509 g/mol. The van der Waals surface area contributed by atoms with Crippen molar-refractivity contribution in [2.24, 2.45) is 5.16 Å². The maximum atomic E-state index is 12.0. The number of carbonyl (C=O) groups is 2. The minimum Gasteiger partial charge on any atom is -0.543 e. The molecule has 0 atom stereocenters. The number of amides is 1. The van der Waals surface area contributed by atoms with E-state index in [-0.39, 0.29) is 68.1 Å². The molecule has 3 aromatic carbocycles. The fourth-order valence-corrected chi connectivity index (χ4v) is 4.31. The molecule has 0 bridgehead atoms. The molecule has 0 spiro atoms. The number of rotatable bonds is 8. The molecule has 0 aliphatic rings. The van der Waals surface area contributed by atoms with Crippen LogP contribution in [0.15, 0.2) is 102 Å². The Kier molecular flexibility index (Phi) is 9.50. The van der Waals surface area contributed by atoms with Crippen LogP contribution in [-0.4, -0.2) is 22.6 Å². The van der Waals surface area contributed by atoms with Gasteiger partial charge in [-0.3, -0.25) is 4.79 Å². The van der Waals surface area contributed by atoms with Crippen molar-refractivity contribution in [3.8, 4) is 0 Å². The van der Waals surface area contributed by atoms with Gasteiger partial charge in [-0.25, -0.2) is 4.98 Å². The van der Waals surface area contributed by atoms with Gasteiger partial charge in [0.1, 0.15) is 5.69 Å². The van der Waals surface area contributed by atoms with Crippen molar-refractivity contribution < 1.29 is 70.9 Å². The van der Waals surface area contributed by atoms with Crippen LogP contribution in [-0.2, 0) is 20.0 Å². The predicted molar refractivity (Wildman–Crippen MR) is 128 cm³/mol.